The maximum atomic E-state index is 11.4. The zero-order chi connectivity index (χ0) is 13.6. The molecule has 5 heteroatoms. The van der Waals surface area contributed by atoms with Crippen molar-refractivity contribution in [2.24, 2.45) is 0 Å². The fourth-order valence-electron chi connectivity index (χ4n) is 0.892. The fourth-order valence-corrected chi connectivity index (χ4v) is 0.892. The molecular formula is C12H18O5. The second kappa shape index (κ2) is 6.20. The standard InChI is InChI=1S/C12H18O5/c1-8(2)10(14)16-12(5,6-7-13)17-11(15)9(3)4/h13H,1,3,6-7H2,2,4-5H3. The molecule has 0 heterocycles. The second-order valence-corrected chi connectivity index (χ2v) is 3.95. The predicted octanol–water partition coefficient (Wildman–Crippen LogP) is 1.32. The van der Waals surface area contributed by atoms with E-state index in [1.165, 1.54) is 20.8 Å². The summed E-state index contributed by atoms with van der Waals surface area (Å²) in [5.74, 6) is -2.88. The van der Waals surface area contributed by atoms with E-state index in [0.29, 0.717) is 0 Å². The third-order valence-corrected chi connectivity index (χ3v) is 1.88. The third kappa shape index (κ3) is 5.31. The number of carbonyl (C=O) groups excluding carboxylic acids is 2. The van der Waals surface area contributed by atoms with Crippen LogP contribution in [0.1, 0.15) is 27.2 Å². The first-order chi connectivity index (χ1) is 7.72. The molecule has 0 unspecified atom stereocenters. The molecule has 0 aromatic carbocycles. The number of hydrogen-bond donors (Lipinski definition) is 1. The van der Waals surface area contributed by atoms with E-state index in [1.54, 1.807) is 0 Å². The van der Waals surface area contributed by atoms with E-state index in [0.717, 1.165) is 0 Å². The average Bonchev–Trinajstić information content (AvgIpc) is 2.16. The van der Waals surface area contributed by atoms with E-state index >= 15 is 0 Å². The molecule has 0 radical (unpaired) electrons. The summed E-state index contributed by atoms with van der Waals surface area (Å²) in [4.78, 5) is 22.7. The van der Waals surface area contributed by atoms with Crippen molar-refractivity contribution in [3.8, 4) is 0 Å². The molecule has 17 heavy (non-hydrogen) atoms. The third-order valence-electron chi connectivity index (χ3n) is 1.88. The van der Waals surface area contributed by atoms with Crippen molar-refractivity contribution >= 4 is 11.9 Å². The summed E-state index contributed by atoms with van der Waals surface area (Å²) >= 11 is 0. The van der Waals surface area contributed by atoms with E-state index in [2.05, 4.69) is 13.2 Å². The van der Waals surface area contributed by atoms with Gasteiger partial charge in [0.2, 0.25) is 0 Å². The van der Waals surface area contributed by atoms with E-state index in [9.17, 15) is 9.59 Å². The summed E-state index contributed by atoms with van der Waals surface area (Å²) < 4.78 is 9.96. The smallest absolute Gasteiger partial charge is 0.336 e. The van der Waals surface area contributed by atoms with Gasteiger partial charge in [-0.2, -0.15) is 0 Å². The molecular weight excluding hydrogens is 224 g/mol. The zero-order valence-electron chi connectivity index (χ0n) is 10.4. The van der Waals surface area contributed by atoms with Crippen molar-refractivity contribution in [2.75, 3.05) is 6.61 Å². The number of ether oxygens (including phenoxy) is 2. The monoisotopic (exact) mass is 242 g/mol. The van der Waals surface area contributed by atoms with Crippen molar-refractivity contribution in [2.45, 2.75) is 33.0 Å². The summed E-state index contributed by atoms with van der Waals surface area (Å²) in [6.45, 7) is 10.9. The summed E-state index contributed by atoms with van der Waals surface area (Å²) in [7, 11) is 0. The van der Waals surface area contributed by atoms with Crippen LogP contribution in [0.2, 0.25) is 0 Å². The molecule has 0 amide bonds. The summed E-state index contributed by atoms with van der Waals surface area (Å²) in [6, 6.07) is 0. The molecule has 0 rings (SSSR count). The zero-order valence-corrected chi connectivity index (χ0v) is 10.4. The van der Waals surface area contributed by atoms with Crippen molar-refractivity contribution < 1.29 is 24.2 Å². The van der Waals surface area contributed by atoms with Gasteiger partial charge >= 0.3 is 11.9 Å². The van der Waals surface area contributed by atoms with Crippen LogP contribution in [0.15, 0.2) is 24.3 Å². The number of aliphatic hydroxyl groups excluding tert-OH is 1. The molecule has 1 N–H and O–H groups in total. The minimum Gasteiger partial charge on any atom is -0.419 e. The Kier molecular flexibility index (Phi) is 5.61. The van der Waals surface area contributed by atoms with Gasteiger partial charge in [-0.1, -0.05) is 13.2 Å². The van der Waals surface area contributed by atoms with Crippen LogP contribution in [0, 0.1) is 0 Å². The van der Waals surface area contributed by atoms with Crippen molar-refractivity contribution in [3.63, 3.8) is 0 Å². The molecule has 0 atom stereocenters. The fraction of sp³-hybridized carbons (Fsp3) is 0.500. The largest absolute Gasteiger partial charge is 0.419 e. The van der Waals surface area contributed by atoms with Gasteiger partial charge in [0.15, 0.2) is 0 Å². The van der Waals surface area contributed by atoms with Gasteiger partial charge in [-0.25, -0.2) is 9.59 Å². The Labute approximate surface area is 101 Å². The first-order valence-corrected chi connectivity index (χ1v) is 5.10. The number of esters is 2. The predicted molar refractivity (Wildman–Crippen MR) is 61.9 cm³/mol. The summed E-state index contributed by atoms with van der Waals surface area (Å²) in [6.07, 6.45) is -0.0228. The van der Waals surface area contributed by atoms with Crippen LogP contribution >= 0.6 is 0 Å². The second-order valence-electron chi connectivity index (χ2n) is 3.95. The molecule has 0 aromatic rings. The Balaban J connectivity index is 4.78. The Morgan fingerprint density at radius 1 is 1.12 bits per heavy atom. The van der Waals surface area contributed by atoms with Gasteiger partial charge in [0.1, 0.15) is 0 Å². The Morgan fingerprint density at radius 2 is 1.47 bits per heavy atom. The normalized spacial score (nSPS) is 10.6. The molecule has 0 saturated carbocycles. The molecule has 0 aliphatic heterocycles. The first kappa shape index (κ1) is 15.4. The SMILES string of the molecule is C=C(C)C(=O)OC(C)(CCO)OC(=O)C(=C)C. The van der Waals surface area contributed by atoms with Crippen molar-refractivity contribution in [3.05, 3.63) is 24.3 Å². The molecule has 96 valence electrons. The number of rotatable bonds is 6. The van der Waals surface area contributed by atoms with E-state index in [1.807, 2.05) is 0 Å². The molecule has 5 nitrogen and oxygen atoms in total. The lowest BCUT2D eigenvalue weighted by atomic mass is 10.2. The van der Waals surface area contributed by atoms with E-state index in [-0.39, 0.29) is 24.2 Å². The quantitative estimate of drug-likeness (QED) is 0.432. The molecule has 0 aromatic heterocycles. The maximum absolute atomic E-state index is 11.4. The van der Waals surface area contributed by atoms with E-state index in [4.69, 9.17) is 14.6 Å². The van der Waals surface area contributed by atoms with Gasteiger partial charge < -0.3 is 14.6 Å². The number of hydrogen-bond acceptors (Lipinski definition) is 5. The lowest BCUT2D eigenvalue weighted by molar-refractivity contribution is -0.221. The highest BCUT2D eigenvalue weighted by atomic mass is 16.7. The topological polar surface area (TPSA) is 72.8 Å². The average molecular weight is 242 g/mol. The Hall–Kier alpha value is -1.62. The minimum atomic E-state index is -1.51. The maximum Gasteiger partial charge on any atom is 0.336 e. The van der Waals surface area contributed by atoms with Crippen LogP contribution in [0.4, 0.5) is 0 Å². The molecule has 0 fully saturated rings. The van der Waals surface area contributed by atoms with Gasteiger partial charge in [0, 0.05) is 24.5 Å². The van der Waals surface area contributed by atoms with Crippen LogP contribution in [0.3, 0.4) is 0 Å². The van der Waals surface area contributed by atoms with Crippen LogP contribution in [-0.4, -0.2) is 29.4 Å². The van der Waals surface area contributed by atoms with Crippen LogP contribution in [-0.2, 0) is 19.1 Å². The Morgan fingerprint density at radius 3 is 1.71 bits per heavy atom. The van der Waals surface area contributed by atoms with Crippen LogP contribution in [0.5, 0.6) is 0 Å². The van der Waals surface area contributed by atoms with Gasteiger partial charge in [0.05, 0.1) is 6.61 Å². The van der Waals surface area contributed by atoms with Crippen molar-refractivity contribution in [1.82, 2.24) is 0 Å². The molecule has 0 spiro atoms. The van der Waals surface area contributed by atoms with Crippen LogP contribution in [0.25, 0.3) is 0 Å². The Bertz CT molecular complexity index is 315. The lowest BCUT2D eigenvalue weighted by Crippen LogP contribution is -2.38. The van der Waals surface area contributed by atoms with E-state index < -0.39 is 17.7 Å². The summed E-state index contributed by atoms with van der Waals surface area (Å²) in [5.41, 5.74) is 0.362. The number of carbonyl (C=O) groups is 2. The molecule has 0 aliphatic carbocycles. The lowest BCUT2D eigenvalue weighted by Gasteiger charge is -2.28. The van der Waals surface area contributed by atoms with Gasteiger partial charge in [-0.3, -0.25) is 0 Å². The highest BCUT2D eigenvalue weighted by Gasteiger charge is 2.33. The molecule has 0 bridgehead atoms. The van der Waals surface area contributed by atoms with Gasteiger partial charge in [-0.05, 0) is 13.8 Å². The molecule has 0 aliphatic rings. The van der Waals surface area contributed by atoms with Gasteiger partial charge in [-0.15, -0.1) is 0 Å². The summed E-state index contributed by atoms with van der Waals surface area (Å²) in [5, 5.41) is 8.88. The van der Waals surface area contributed by atoms with Crippen LogP contribution < -0.4 is 0 Å². The van der Waals surface area contributed by atoms with Crippen molar-refractivity contribution in [1.29, 1.82) is 0 Å². The molecule has 0 saturated heterocycles. The highest BCUT2D eigenvalue weighted by Crippen LogP contribution is 2.20. The highest BCUT2D eigenvalue weighted by molar-refractivity contribution is 5.89. The minimum absolute atomic E-state index is 0.0228. The number of aliphatic hydroxyl groups is 1. The van der Waals surface area contributed by atoms with Gasteiger partial charge in [0.25, 0.3) is 5.79 Å². The first-order valence-electron chi connectivity index (χ1n) is 5.10.